The Morgan fingerprint density at radius 3 is 1.96 bits per heavy atom. The number of rotatable bonds is 5. The van der Waals surface area contributed by atoms with Crippen LogP contribution in [0.2, 0.25) is 0 Å². The van der Waals surface area contributed by atoms with Crippen molar-refractivity contribution in [2.75, 3.05) is 5.73 Å². The van der Waals surface area contributed by atoms with Gasteiger partial charge in [-0.3, -0.25) is 4.79 Å². The van der Waals surface area contributed by atoms with Gasteiger partial charge in [0.2, 0.25) is 5.43 Å². The zero-order chi connectivity index (χ0) is 20.7. The Labute approximate surface area is 158 Å². The van der Waals surface area contributed by atoms with Gasteiger partial charge in [-0.25, -0.2) is 0 Å². The van der Waals surface area contributed by atoms with Crippen LogP contribution in [0.3, 0.4) is 0 Å². The van der Waals surface area contributed by atoms with E-state index in [-0.39, 0.29) is 39.3 Å². The number of hydrogen-bond donors (Lipinski definition) is 3. The molecule has 0 radical (unpaired) electrons. The number of benzene rings is 2. The predicted molar refractivity (Wildman–Crippen MR) is 99.8 cm³/mol. The van der Waals surface area contributed by atoms with Crippen molar-refractivity contribution in [1.82, 2.24) is 0 Å². The van der Waals surface area contributed by atoms with Gasteiger partial charge in [0.1, 0.15) is 23.3 Å². The molecule has 0 unspecified atom stereocenters. The number of nitrogen functional groups attached to an aromatic ring is 1. The third-order valence-electron chi connectivity index (χ3n) is 3.48. The molecule has 11 nitrogen and oxygen atoms in total. The van der Waals surface area contributed by atoms with Crippen LogP contribution in [0.5, 0.6) is 11.5 Å². The molecule has 0 saturated heterocycles. The highest BCUT2D eigenvalue weighted by molar-refractivity contribution is 7.85. The zero-order valence-electron chi connectivity index (χ0n) is 13.9. The monoisotopic (exact) mass is 427 g/mol. The van der Waals surface area contributed by atoms with Crippen molar-refractivity contribution >= 4 is 37.3 Å². The quantitative estimate of drug-likeness (QED) is 0.477. The molecule has 0 atom stereocenters. The summed E-state index contributed by atoms with van der Waals surface area (Å²) in [6.45, 7) is 0. The van der Waals surface area contributed by atoms with Crippen molar-refractivity contribution in [2.45, 2.75) is 0 Å². The summed E-state index contributed by atoms with van der Waals surface area (Å²) < 4.78 is 58.4. The first-order chi connectivity index (χ1) is 12.9. The van der Waals surface area contributed by atoms with Crippen LogP contribution in [0.1, 0.15) is 0 Å². The first kappa shape index (κ1) is 19.6. The lowest BCUT2D eigenvalue weighted by Crippen LogP contribution is -2.19. The standard InChI is InChI=1S/C15H13N3O8S2/c16-13-5-8(25-27(17,20)21)1-3-10(13)12-7-24-14-6-9(26-28(18,22)23)2-4-11(14)15(12)19/h1-7H,16H2,(H2,17,20,21)(H2,18,22,23). The normalized spacial score (nSPS) is 12.1. The van der Waals surface area contributed by atoms with Gasteiger partial charge in [-0.05, 0) is 24.3 Å². The Morgan fingerprint density at radius 2 is 1.39 bits per heavy atom. The molecule has 0 fully saturated rings. The third kappa shape index (κ3) is 4.40. The molecule has 1 heterocycles. The first-order valence-corrected chi connectivity index (χ1v) is 10.3. The minimum atomic E-state index is -4.23. The van der Waals surface area contributed by atoms with E-state index in [0.29, 0.717) is 0 Å². The van der Waals surface area contributed by atoms with Crippen LogP contribution in [0.25, 0.3) is 22.1 Å². The molecule has 0 bridgehead atoms. The molecule has 0 aliphatic rings. The van der Waals surface area contributed by atoms with Crippen LogP contribution >= 0.6 is 0 Å². The lowest BCUT2D eigenvalue weighted by atomic mass is 10.0. The molecule has 3 aromatic rings. The fraction of sp³-hybridized carbons (Fsp3) is 0. The molecule has 148 valence electrons. The number of fused-ring (bicyclic) bond motifs is 1. The Morgan fingerprint density at radius 1 is 0.821 bits per heavy atom. The van der Waals surface area contributed by atoms with Gasteiger partial charge >= 0.3 is 20.6 Å². The van der Waals surface area contributed by atoms with Crippen LogP contribution in [0.15, 0.2) is 51.9 Å². The second kappa shape index (κ2) is 6.79. The van der Waals surface area contributed by atoms with E-state index in [1.807, 2.05) is 0 Å². The average molecular weight is 427 g/mol. The molecular formula is C15H13N3O8S2. The third-order valence-corrected chi connectivity index (χ3v) is 4.33. The number of hydrogen-bond acceptors (Lipinski definition) is 9. The summed E-state index contributed by atoms with van der Waals surface area (Å²) in [4.78, 5) is 12.7. The van der Waals surface area contributed by atoms with E-state index >= 15 is 0 Å². The second-order valence-electron chi connectivity index (χ2n) is 5.54. The van der Waals surface area contributed by atoms with E-state index in [4.69, 9.17) is 20.4 Å². The minimum absolute atomic E-state index is 0.0435. The second-order valence-corrected chi connectivity index (χ2v) is 7.84. The molecular weight excluding hydrogens is 414 g/mol. The predicted octanol–water partition coefficient (Wildman–Crippen LogP) is 0.207. The van der Waals surface area contributed by atoms with E-state index in [0.717, 1.165) is 6.26 Å². The van der Waals surface area contributed by atoms with E-state index in [1.165, 1.54) is 36.4 Å². The van der Waals surface area contributed by atoms with Gasteiger partial charge in [-0.2, -0.15) is 27.1 Å². The Bertz CT molecular complexity index is 1350. The molecule has 13 heteroatoms. The topological polar surface area (TPSA) is 195 Å². The van der Waals surface area contributed by atoms with Crippen molar-refractivity contribution < 1.29 is 29.6 Å². The summed E-state index contributed by atoms with van der Waals surface area (Å²) >= 11 is 0. The van der Waals surface area contributed by atoms with Gasteiger partial charge in [0, 0.05) is 23.4 Å². The highest BCUT2D eigenvalue weighted by Gasteiger charge is 2.15. The van der Waals surface area contributed by atoms with E-state index in [9.17, 15) is 21.6 Å². The Kier molecular flexibility index (Phi) is 4.76. The summed E-state index contributed by atoms with van der Waals surface area (Å²) in [6, 6.07) is 7.55. The molecule has 0 saturated carbocycles. The molecule has 28 heavy (non-hydrogen) atoms. The zero-order valence-corrected chi connectivity index (χ0v) is 15.5. The van der Waals surface area contributed by atoms with Crippen LogP contribution in [-0.4, -0.2) is 16.8 Å². The lowest BCUT2D eigenvalue weighted by Gasteiger charge is -2.09. The summed E-state index contributed by atoms with van der Waals surface area (Å²) in [6.07, 6.45) is 1.12. The molecule has 3 rings (SSSR count). The molecule has 6 N–H and O–H groups in total. The highest BCUT2D eigenvalue weighted by atomic mass is 32.2. The van der Waals surface area contributed by atoms with Gasteiger partial charge < -0.3 is 18.5 Å². The van der Waals surface area contributed by atoms with Crippen molar-refractivity contribution in [3.8, 4) is 22.6 Å². The SMILES string of the molecule is Nc1cc(OS(N)(=O)=O)ccc1-c1coc2cc(OS(N)(=O)=O)ccc2c1=O. The Balaban J connectivity index is 2.06. The lowest BCUT2D eigenvalue weighted by molar-refractivity contribution is 0.485. The van der Waals surface area contributed by atoms with Crippen LogP contribution in [0.4, 0.5) is 5.69 Å². The maximum atomic E-state index is 12.7. The summed E-state index contributed by atoms with van der Waals surface area (Å²) in [5.41, 5.74) is 5.88. The van der Waals surface area contributed by atoms with Crippen molar-refractivity contribution in [1.29, 1.82) is 0 Å². The van der Waals surface area contributed by atoms with Gasteiger partial charge in [0.15, 0.2) is 0 Å². The maximum absolute atomic E-state index is 12.7. The van der Waals surface area contributed by atoms with E-state index in [1.54, 1.807) is 0 Å². The summed E-state index contributed by atoms with van der Waals surface area (Å²) in [5.74, 6) is -0.256. The molecule has 1 aromatic heterocycles. The molecule has 0 aliphatic carbocycles. The fourth-order valence-corrected chi connectivity index (χ4v) is 3.20. The summed E-state index contributed by atoms with van der Waals surface area (Å²) in [5, 5.41) is 9.72. The average Bonchev–Trinajstić information content (AvgIpc) is 2.53. The van der Waals surface area contributed by atoms with Crippen LogP contribution < -0.4 is 29.8 Å². The smallest absolute Gasteiger partial charge is 0.380 e. The largest absolute Gasteiger partial charge is 0.463 e. The number of anilines is 1. The highest BCUT2D eigenvalue weighted by Crippen LogP contribution is 2.30. The van der Waals surface area contributed by atoms with Gasteiger partial charge in [-0.15, -0.1) is 0 Å². The maximum Gasteiger partial charge on any atom is 0.380 e. The number of nitrogens with two attached hydrogens (primary N) is 3. The molecule has 0 spiro atoms. The molecule has 2 aromatic carbocycles. The first-order valence-electron chi connectivity index (χ1n) is 7.33. The van der Waals surface area contributed by atoms with Crippen molar-refractivity contribution in [3.63, 3.8) is 0 Å². The van der Waals surface area contributed by atoms with Gasteiger partial charge in [0.25, 0.3) is 0 Å². The van der Waals surface area contributed by atoms with Crippen LogP contribution in [0, 0.1) is 0 Å². The molecule has 0 aliphatic heterocycles. The van der Waals surface area contributed by atoms with Gasteiger partial charge in [0.05, 0.1) is 10.9 Å². The van der Waals surface area contributed by atoms with Crippen molar-refractivity contribution in [3.05, 3.63) is 52.9 Å². The van der Waals surface area contributed by atoms with E-state index < -0.39 is 26.0 Å². The minimum Gasteiger partial charge on any atom is -0.463 e. The van der Waals surface area contributed by atoms with Crippen LogP contribution in [-0.2, 0) is 20.6 Å². The van der Waals surface area contributed by atoms with Crippen molar-refractivity contribution in [2.24, 2.45) is 10.3 Å². The fourth-order valence-electron chi connectivity index (χ4n) is 2.45. The van der Waals surface area contributed by atoms with E-state index in [2.05, 4.69) is 8.37 Å². The summed E-state index contributed by atoms with van der Waals surface area (Å²) in [7, 11) is -8.45. The molecule has 0 amide bonds. The Hall–Kier alpha value is -3.13. The van der Waals surface area contributed by atoms with Gasteiger partial charge in [-0.1, -0.05) is 0 Å².